The van der Waals surface area contributed by atoms with Gasteiger partial charge in [0, 0.05) is 18.0 Å². The van der Waals surface area contributed by atoms with Gasteiger partial charge < -0.3 is 10.0 Å². The Morgan fingerprint density at radius 1 is 1.53 bits per heavy atom. The van der Waals surface area contributed by atoms with Gasteiger partial charge in [0.25, 0.3) is 0 Å². The molecule has 1 aromatic carbocycles. The van der Waals surface area contributed by atoms with E-state index >= 15 is 0 Å². The Morgan fingerprint density at radius 3 is 2.94 bits per heavy atom. The Kier molecular flexibility index (Phi) is 3.33. The molecule has 1 fully saturated rings. The molecule has 90 valence electrons. The van der Waals surface area contributed by atoms with Crippen molar-refractivity contribution in [3.63, 3.8) is 0 Å². The first-order chi connectivity index (χ1) is 8.08. The summed E-state index contributed by atoms with van der Waals surface area (Å²) in [5, 5.41) is 9.60. The molecule has 1 saturated heterocycles. The fourth-order valence-corrected chi connectivity index (χ4v) is 2.23. The maximum Gasteiger partial charge on any atom is 0.326 e. The van der Waals surface area contributed by atoms with Crippen LogP contribution in [0.5, 0.6) is 0 Å². The van der Waals surface area contributed by atoms with E-state index in [-0.39, 0.29) is 5.91 Å². The second-order valence-corrected chi connectivity index (χ2v) is 4.48. The van der Waals surface area contributed by atoms with E-state index in [0.29, 0.717) is 24.4 Å². The maximum absolute atomic E-state index is 11.6. The second-order valence-electron chi connectivity index (χ2n) is 4.04. The molecule has 0 saturated carbocycles. The van der Waals surface area contributed by atoms with Gasteiger partial charge in [-0.05, 0) is 24.1 Å². The van der Waals surface area contributed by atoms with Crippen molar-refractivity contribution < 1.29 is 14.7 Å². The molecule has 0 bridgehead atoms. The molecule has 0 aromatic heterocycles. The Hall–Kier alpha value is -1.55. The van der Waals surface area contributed by atoms with Gasteiger partial charge in [-0.1, -0.05) is 23.7 Å². The van der Waals surface area contributed by atoms with E-state index in [2.05, 4.69) is 0 Å². The summed E-state index contributed by atoms with van der Waals surface area (Å²) < 4.78 is 0. The average Bonchev–Trinajstić information content (AvgIpc) is 2.61. The number of halogens is 1. The fourth-order valence-electron chi connectivity index (χ4n) is 2.02. The van der Waals surface area contributed by atoms with Crippen LogP contribution in [-0.4, -0.2) is 27.9 Å². The van der Waals surface area contributed by atoms with Crippen LogP contribution in [0.1, 0.15) is 18.4 Å². The smallest absolute Gasteiger partial charge is 0.326 e. The van der Waals surface area contributed by atoms with Crippen molar-refractivity contribution in [1.29, 1.82) is 0 Å². The van der Waals surface area contributed by atoms with Crippen LogP contribution < -0.4 is 0 Å². The summed E-state index contributed by atoms with van der Waals surface area (Å²) in [6.45, 7) is 0.302. The zero-order chi connectivity index (χ0) is 12.4. The molecule has 1 aliphatic heterocycles. The number of hydrogen-bond acceptors (Lipinski definition) is 2. The Bertz CT molecular complexity index is 461. The van der Waals surface area contributed by atoms with Crippen molar-refractivity contribution in [3.8, 4) is 0 Å². The van der Waals surface area contributed by atoms with Crippen LogP contribution >= 0.6 is 11.6 Å². The topological polar surface area (TPSA) is 57.6 Å². The van der Waals surface area contributed by atoms with Gasteiger partial charge in [0.1, 0.15) is 6.04 Å². The van der Waals surface area contributed by atoms with Gasteiger partial charge in [0.05, 0.1) is 0 Å². The van der Waals surface area contributed by atoms with Crippen LogP contribution in [0.3, 0.4) is 0 Å². The minimum atomic E-state index is -0.946. The number of hydrogen-bond donors (Lipinski definition) is 1. The van der Waals surface area contributed by atoms with Gasteiger partial charge in [-0.3, -0.25) is 4.79 Å². The lowest BCUT2D eigenvalue weighted by atomic mass is 10.2. The van der Waals surface area contributed by atoms with E-state index in [0.717, 1.165) is 5.56 Å². The molecule has 0 spiro atoms. The quantitative estimate of drug-likeness (QED) is 0.895. The van der Waals surface area contributed by atoms with Gasteiger partial charge >= 0.3 is 5.97 Å². The number of rotatable bonds is 3. The van der Waals surface area contributed by atoms with E-state index in [1.54, 1.807) is 18.2 Å². The number of amides is 1. The van der Waals surface area contributed by atoms with Gasteiger partial charge in [-0.2, -0.15) is 0 Å². The lowest BCUT2D eigenvalue weighted by Crippen LogP contribution is -2.37. The predicted molar refractivity (Wildman–Crippen MR) is 62.7 cm³/mol. The van der Waals surface area contributed by atoms with Crippen molar-refractivity contribution in [3.05, 3.63) is 34.9 Å². The van der Waals surface area contributed by atoms with E-state index in [4.69, 9.17) is 16.7 Å². The Morgan fingerprint density at radius 2 is 2.29 bits per heavy atom. The average molecular weight is 254 g/mol. The van der Waals surface area contributed by atoms with Crippen LogP contribution in [-0.2, 0) is 16.1 Å². The van der Waals surface area contributed by atoms with Crippen LogP contribution in [0, 0.1) is 0 Å². The third-order valence-corrected chi connectivity index (χ3v) is 3.09. The Balaban J connectivity index is 2.16. The molecule has 2 rings (SSSR count). The summed E-state index contributed by atoms with van der Waals surface area (Å²) in [5.74, 6) is -1.06. The SMILES string of the molecule is O=C(O)[C@@H]1CCC(=O)N1Cc1cccc(Cl)c1. The number of benzene rings is 1. The van der Waals surface area contributed by atoms with Crippen molar-refractivity contribution in [2.45, 2.75) is 25.4 Å². The fraction of sp³-hybridized carbons (Fsp3) is 0.333. The second kappa shape index (κ2) is 4.75. The number of likely N-dealkylation sites (tertiary alicyclic amines) is 1. The van der Waals surface area contributed by atoms with Crippen molar-refractivity contribution in [1.82, 2.24) is 4.90 Å². The van der Waals surface area contributed by atoms with Gasteiger partial charge in [0.15, 0.2) is 0 Å². The highest BCUT2D eigenvalue weighted by molar-refractivity contribution is 6.30. The molecule has 1 heterocycles. The number of carboxylic acids is 1. The minimum Gasteiger partial charge on any atom is -0.480 e. The molecular formula is C12H12ClNO3. The summed E-state index contributed by atoms with van der Waals surface area (Å²) >= 11 is 5.85. The van der Waals surface area contributed by atoms with E-state index in [9.17, 15) is 9.59 Å². The largest absolute Gasteiger partial charge is 0.480 e. The number of carbonyl (C=O) groups excluding carboxylic acids is 1. The number of nitrogens with zero attached hydrogens (tertiary/aromatic N) is 1. The lowest BCUT2D eigenvalue weighted by Gasteiger charge is -2.21. The summed E-state index contributed by atoms with van der Waals surface area (Å²) in [7, 11) is 0. The van der Waals surface area contributed by atoms with Crippen molar-refractivity contribution in [2.24, 2.45) is 0 Å². The van der Waals surface area contributed by atoms with E-state index in [1.165, 1.54) is 4.90 Å². The molecule has 1 N–H and O–H groups in total. The molecule has 0 radical (unpaired) electrons. The standard InChI is InChI=1S/C12H12ClNO3/c13-9-3-1-2-8(6-9)7-14-10(12(16)17)4-5-11(14)15/h1-3,6,10H,4-5,7H2,(H,16,17)/t10-/m0/s1. The molecule has 1 aromatic rings. The van der Waals surface area contributed by atoms with Crippen LogP contribution in [0.15, 0.2) is 24.3 Å². The third kappa shape index (κ3) is 2.58. The van der Waals surface area contributed by atoms with Gasteiger partial charge in [0.2, 0.25) is 5.91 Å². The Labute approximate surface area is 104 Å². The maximum atomic E-state index is 11.6. The highest BCUT2D eigenvalue weighted by Crippen LogP contribution is 2.22. The van der Waals surface area contributed by atoms with E-state index < -0.39 is 12.0 Å². The molecule has 1 atom stereocenters. The van der Waals surface area contributed by atoms with Crippen LogP contribution in [0.2, 0.25) is 5.02 Å². The molecule has 1 aliphatic rings. The first kappa shape index (κ1) is 11.9. The summed E-state index contributed by atoms with van der Waals surface area (Å²) in [6, 6.07) is 6.39. The van der Waals surface area contributed by atoms with E-state index in [1.807, 2.05) is 6.07 Å². The molecule has 5 heteroatoms. The van der Waals surface area contributed by atoms with Crippen molar-refractivity contribution >= 4 is 23.5 Å². The summed E-state index contributed by atoms with van der Waals surface area (Å²) in [6.07, 6.45) is 0.687. The molecule has 0 unspecified atom stereocenters. The molecule has 1 amide bonds. The minimum absolute atomic E-state index is 0.114. The monoisotopic (exact) mass is 253 g/mol. The van der Waals surface area contributed by atoms with Crippen LogP contribution in [0.25, 0.3) is 0 Å². The highest BCUT2D eigenvalue weighted by Gasteiger charge is 2.35. The zero-order valence-corrected chi connectivity index (χ0v) is 9.85. The third-order valence-electron chi connectivity index (χ3n) is 2.86. The zero-order valence-electron chi connectivity index (χ0n) is 9.10. The first-order valence-electron chi connectivity index (χ1n) is 5.34. The summed E-state index contributed by atoms with van der Waals surface area (Å²) in [4.78, 5) is 24.0. The van der Waals surface area contributed by atoms with Crippen molar-refractivity contribution in [2.75, 3.05) is 0 Å². The molecule has 0 aliphatic carbocycles. The molecule has 17 heavy (non-hydrogen) atoms. The number of carbonyl (C=O) groups is 2. The predicted octanol–water partition coefficient (Wildman–Crippen LogP) is 1.92. The lowest BCUT2D eigenvalue weighted by molar-refractivity contribution is -0.146. The molecule has 4 nitrogen and oxygen atoms in total. The number of aliphatic carboxylic acids is 1. The number of carboxylic acid groups (broad SMARTS) is 1. The van der Waals surface area contributed by atoms with Gasteiger partial charge in [-0.15, -0.1) is 0 Å². The van der Waals surface area contributed by atoms with Gasteiger partial charge in [-0.25, -0.2) is 4.79 Å². The first-order valence-corrected chi connectivity index (χ1v) is 5.72. The summed E-state index contributed by atoms with van der Waals surface area (Å²) in [5.41, 5.74) is 0.846. The highest BCUT2D eigenvalue weighted by atomic mass is 35.5. The van der Waals surface area contributed by atoms with Crippen LogP contribution in [0.4, 0.5) is 0 Å². The normalized spacial score (nSPS) is 19.7. The molecular weight excluding hydrogens is 242 g/mol.